The molecule has 0 saturated carbocycles. The number of nitrogens with one attached hydrogen (secondary N) is 2. The van der Waals surface area contributed by atoms with Gasteiger partial charge in [0.2, 0.25) is 0 Å². The van der Waals surface area contributed by atoms with Crippen LogP contribution in [0.5, 0.6) is 0 Å². The second-order valence-electron chi connectivity index (χ2n) is 12.8. The van der Waals surface area contributed by atoms with Crippen molar-refractivity contribution in [3.05, 3.63) is 71.8 Å². The maximum Gasteiger partial charge on any atom is 0.408 e. The number of benzene rings is 2. The molecule has 248 valence electrons. The summed E-state index contributed by atoms with van der Waals surface area (Å²) in [4.78, 5) is 46.1. The zero-order valence-electron chi connectivity index (χ0n) is 28.2. The van der Waals surface area contributed by atoms with Crippen LogP contribution in [0.2, 0.25) is 26.2 Å². The highest BCUT2D eigenvalue weighted by atomic mass is 28.3. The van der Waals surface area contributed by atoms with Gasteiger partial charge in [-0.25, -0.2) is 19.2 Å². The molecule has 12 heteroatoms. The van der Waals surface area contributed by atoms with E-state index in [1.54, 1.807) is 96.1 Å². The molecule has 2 atom stereocenters. The lowest BCUT2D eigenvalue weighted by Gasteiger charge is -2.22. The highest BCUT2D eigenvalue weighted by Crippen LogP contribution is 2.16. The van der Waals surface area contributed by atoms with Crippen molar-refractivity contribution in [2.24, 2.45) is 0 Å². The van der Waals surface area contributed by atoms with Gasteiger partial charge in [0.05, 0.1) is 7.11 Å². The number of aliphatic hydroxyl groups excluding tert-OH is 1. The fourth-order valence-electron chi connectivity index (χ4n) is 2.83. The molecular formula is C32H52N2O9Si. The number of rotatable bonds is 6. The molecule has 2 amide bonds. The molecule has 2 rings (SSSR count). The van der Waals surface area contributed by atoms with Crippen LogP contribution in [0.3, 0.4) is 0 Å². The number of hydrogen-bond acceptors (Lipinski definition) is 8. The van der Waals surface area contributed by atoms with Crippen LogP contribution in [-0.4, -0.2) is 67.8 Å². The normalized spacial score (nSPS) is 12.0. The van der Waals surface area contributed by atoms with Gasteiger partial charge in [0, 0.05) is 15.2 Å². The fourth-order valence-corrected chi connectivity index (χ4v) is 2.83. The number of ether oxygens (including phenoxy) is 3. The van der Waals surface area contributed by atoms with Crippen LogP contribution < -0.4 is 10.6 Å². The summed E-state index contributed by atoms with van der Waals surface area (Å²) < 4.78 is 14.8. The van der Waals surface area contributed by atoms with Gasteiger partial charge < -0.3 is 35.1 Å². The molecule has 2 aromatic rings. The second kappa shape index (κ2) is 20.1. The molecule has 0 aromatic heterocycles. The molecule has 0 saturated heterocycles. The standard InChI is InChI=1S/C14H19NO4.C13H17NO4.C4H12Si.CH4O/c1-14(2,3)19-13(17)15-11(12(16)18-4)10-8-6-5-7-9-10;1-13(2,3)18-12(17)14-10(11(15)16)9-7-5-4-6-8-9;1-5(2,3)4;1-2/h5-9,11H,1-4H3,(H,15,17);4-8,10H,1-3H3,(H,14,17)(H,15,16);1-4H3;2H,1H3/t11-;10-;;/m11../s1. The third kappa shape index (κ3) is 22.7. The lowest BCUT2D eigenvalue weighted by Crippen LogP contribution is -2.38. The molecule has 0 radical (unpaired) electrons. The van der Waals surface area contributed by atoms with Crippen LogP contribution in [-0.2, 0) is 23.8 Å². The Bertz CT molecular complexity index is 1120. The Morgan fingerprint density at radius 3 is 1.23 bits per heavy atom. The number of carbonyl (C=O) groups is 4. The molecule has 0 bridgehead atoms. The van der Waals surface area contributed by atoms with Gasteiger partial charge in [0.15, 0.2) is 12.1 Å². The number of carbonyl (C=O) groups excluding carboxylic acids is 3. The molecular weight excluding hydrogens is 584 g/mol. The van der Waals surface area contributed by atoms with Crippen molar-refractivity contribution in [3.63, 3.8) is 0 Å². The third-order valence-electron chi connectivity index (χ3n) is 4.27. The van der Waals surface area contributed by atoms with E-state index in [1.165, 1.54) is 7.11 Å². The van der Waals surface area contributed by atoms with Gasteiger partial charge in [0.25, 0.3) is 0 Å². The fraction of sp³-hybridized carbons (Fsp3) is 0.500. The van der Waals surface area contributed by atoms with Crippen LogP contribution in [0.4, 0.5) is 9.59 Å². The minimum atomic E-state index is -1.13. The monoisotopic (exact) mass is 636 g/mol. The van der Waals surface area contributed by atoms with E-state index in [-0.39, 0.29) is 0 Å². The highest BCUT2D eigenvalue weighted by Gasteiger charge is 2.27. The van der Waals surface area contributed by atoms with E-state index in [4.69, 9.17) is 19.7 Å². The molecule has 44 heavy (non-hydrogen) atoms. The van der Waals surface area contributed by atoms with Crippen molar-refractivity contribution in [2.45, 2.75) is 91.0 Å². The van der Waals surface area contributed by atoms with Crippen molar-refractivity contribution in [1.29, 1.82) is 0 Å². The number of methoxy groups -OCH3 is 1. The Hall–Kier alpha value is -3.90. The van der Waals surface area contributed by atoms with Crippen LogP contribution >= 0.6 is 0 Å². The van der Waals surface area contributed by atoms with E-state index in [0.717, 1.165) is 7.11 Å². The number of aliphatic carboxylic acids is 1. The van der Waals surface area contributed by atoms with E-state index in [1.807, 2.05) is 6.07 Å². The third-order valence-corrected chi connectivity index (χ3v) is 4.27. The summed E-state index contributed by atoms with van der Waals surface area (Å²) in [5.41, 5.74) is -0.151. The molecule has 4 N–H and O–H groups in total. The Kier molecular flexibility index (Phi) is 19.3. The topological polar surface area (TPSA) is 160 Å². The molecule has 0 aliphatic carbocycles. The van der Waals surface area contributed by atoms with Crippen molar-refractivity contribution < 1.29 is 43.6 Å². The number of aliphatic hydroxyl groups is 1. The maximum absolute atomic E-state index is 11.7. The largest absolute Gasteiger partial charge is 0.479 e. The SMILES string of the molecule is CC(C)(C)OC(=O)N[C@@H](C(=O)O)c1ccccc1.CO.COC(=O)[C@H](NC(=O)OC(C)(C)C)c1ccccc1.C[Si](C)(C)C. The first-order valence-corrected chi connectivity index (χ1v) is 18.0. The zero-order chi connectivity index (χ0) is 34.7. The lowest BCUT2D eigenvalue weighted by atomic mass is 10.1. The molecule has 0 fully saturated rings. The summed E-state index contributed by atoms with van der Waals surface area (Å²) >= 11 is 0. The first kappa shape index (κ1) is 42.2. The summed E-state index contributed by atoms with van der Waals surface area (Å²) in [6.07, 6.45) is -1.41. The number of alkyl carbamates (subject to hydrolysis) is 2. The van der Waals surface area contributed by atoms with Crippen LogP contribution in [0, 0.1) is 0 Å². The predicted octanol–water partition coefficient (Wildman–Crippen LogP) is 6.33. The smallest absolute Gasteiger partial charge is 0.408 e. The van der Waals surface area contributed by atoms with E-state index in [2.05, 4.69) is 41.6 Å². The molecule has 0 unspecified atom stereocenters. The number of amides is 2. The summed E-state index contributed by atoms with van der Waals surface area (Å²) in [7, 11) is 1.66. The number of esters is 1. The number of carboxylic acids is 1. The number of hydrogen-bond donors (Lipinski definition) is 4. The van der Waals surface area contributed by atoms with Crippen LogP contribution in [0.25, 0.3) is 0 Å². The Morgan fingerprint density at radius 1 is 0.659 bits per heavy atom. The van der Waals surface area contributed by atoms with Gasteiger partial charge in [-0.3, -0.25) is 0 Å². The van der Waals surface area contributed by atoms with Gasteiger partial charge in [-0.15, -0.1) is 0 Å². The van der Waals surface area contributed by atoms with Gasteiger partial charge in [-0.2, -0.15) is 0 Å². The van der Waals surface area contributed by atoms with Crippen molar-refractivity contribution in [2.75, 3.05) is 14.2 Å². The molecule has 0 aliphatic rings. The van der Waals surface area contributed by atoms with E-state index in [0.29, 0.717) is 11.1 Å². The molecule has 0 spiro atoms. The Morgan fingerprint density at radius 2 is 0.955 bits per heavy atom. The Labute approximate surface area is 263 Å². The summed E-state index contributed by atoms with van der Waals surface area (Å²) in [6, 6.07) is 15.3. The first-order valence-electron chi connectivity index (χ1n) is 14.0. The van der Waals surface area contributed by atoms with Crippen LogP contribution in [0.15, 0.2) is 60.7 Å². The molecule has 0 heterocycles. The summed E-state index contributed by atoms with van der Waals surface area (Å²) in [6.45, 7) is 19.7. The van der Waals surface area contributed by atoms with Crippen molar-refractivity contribution in [3.8, 4) is 0 Å². The minimum absolute atomic E-state index is 0.496. The van der Waals surface area contributed by atoms with Crippen molar-refractivity contribution in [1.82, 2.24) is 10.6 Å². The zero-order valence-corrected chi connectivity index (χ0v) is 29.2. The maximum atomic E-state index is 11.7. The number of carboxylic acid groups (broad SMARTS) is 1. The van der Waals surface area contributed by atoms with Crippen molar-refractivity contribution >= 4 is 32.2 Å². The quantitative estimate of drug-likeness (QED) is 0.161. The van der Waals surface area contributed by atoms with Gasteiger partial charge >= 0.3 is 24.1 Å². The van der Waals surface area contributed by atoms with Crippen LogP contribution in [0.1, 0.15) is 64.8 Å². The van der Waals surface area contributed by atoms with E-state index >= 15 is 0 Å². The molecule has 11 nitrogen and oxygen atoms in total. The van der Waals surface area contributed by atoms with E-state index in [9.17, 15) is 19.2 Å². The lowest BCUT2D eigenvalue weighted by molar-refractivity contribution is -0.143. The van der Waals surface area contributed by atoms with Gasteiger partial charge in [-0.05, 0) is 52.7 Å². The summed E-state index contributed by atoms with van der Waals surface area (Å²) in [5.74, 6) is -1.68. The first-order chi connectivity index (χ1) is 20.1. The van der Waals surface area contributed by atoms with E-state index < -0.39 is 55.5 Å². The minimum Gasteiger partial charge on any atom is -0.479 e. The van der Waals surface area contributed by atoms with Gasteiger partial charge in [-0.1, -0.05) is 86.9 Å². The van der Waals surface area contributed by atoms with Gasteiger partial charge in [0.1, 0.15) is 11.2 Å². The second-order valence-corrected chi connectivity index (χ2v) is 18.8. The Balaban J connectivity index is 0. The average Bonchev–Trinajstić information content (AvgIpc) is 2.89. The predicted molar refractivity (Wildman–Crippen MR) is 174 cm³/mol. The molecule has 0 aliphatic heterocycles. The summed E-state index contributed by atoms with van der Waals surface area (Å²) in [5, 5.41) is 20.9. The molecule has 2 aromatic carbocycles. The average molecular weight is 637 g/mol. The highest BCUT2D eigenvalue weighted by molar-refractivity contribution is 6.74.